The van der Waals surface area contributed by atoms with Crippen LogP contribution in [0.2, 0.25) is 0 Å². The highest BCUT2D eigenvalue weighted by molar-refractivity contribution is 5.98. The van der Waals surface area contributed by atoms with Crippen molar-refractivity contribution in [3.8, 4) is 0 Å². The van der Waals surface area contributed by atoms with Crippen molar-refractivity contribution >= 4 is 16.8 Å². The minimum absolute atomic E-state index is 0.0868. The fourth-order valence-electron chi connectivity index (χ4n) is 3.69. The smallest absolute Gasteiger partial charge is 0.253 e. The molecule has 1 aliphatic carbocycles. The van der Waals surface area contributed by atoms with Crippen LogP contribution in [0.25, 0.3) is 10.9 Å². The number of amides is 1. The lowest BCUT2D eigenvalue weighted by atomic mass is 9.91. The van der Waals surface area contributed by atoms with Gasteiger partial charge in [-0.1, -0.05) is 12.1 Å². The summed E-state index contributed by atoms with van der Waals surface area (Å²) in [5, 5.41) is 4.08. The third-order valence-electron chi connectivity index (χ3n) is 5.05. The molecule has 0 saturated heterocycles. The van der Waals surface area contributed by atoms with E-state index in [4.69, 9.17) is 0 Å². The summed E-state index contributed by atoms with van der Waals surface area (Å²) >= 11 is 0. The summed E-state index contributed by atoms with van der Waals surface area (Å²) < 4.78 is 0. The van der Waals surface area contributed by atoms with Gasteiger partial charge in [-0.3, -0.25) is 14.6 Å². The van der Waals surface area contributed by atoms with Crippen molar-refractivity contribution in [3.05, 3.63) is 74.8 Å². The molecular formula is C21H21N3O2. The largest absolute Gasteiger partial charge is 0.345 e. The van der Waals surface area contributed by atoms with Gasteiger partial charge in [0.1, 0.15) is 0 Å². The number of carbonyl (C=O) groups is 1. The molecule has 2 aromatic heterocycles. The number of aryl methyl sites for hydroxylation is 3. The first kappa shape index (κ1) is 16.5. The SMILES string of the molecule is Cc1ccc2cc(C(=O)N[C@H]3CCCc4[nH]c(=O)ccc43)c(C)nc2c1. The van der Waals surface area contributed by atoms with Gasteiger partial charge in [0, 0.05) is 17.1 Å². The number of hydrogen-bond acceptors (Lipinski definition) is 3. The lowest BCUT2D eigenvalue weighted by molar-refractivity contribution is 0.0931. The number of aromatic nitrogens is 2. The van der Waals surface area contributed by atoms with Crippen molar-refractivity contribution in [2.45, 2.75) is 39.2 Å². The Labute approximate surface area is 151 Å². The number of hydrogen-bond donors (Lipinski definition) is 2. The number of fused-ring (bicyclic) bond motifs is 2. The predicted octanol–water partition coefficient (Wildman–Crippen LogP) is 3.35. The summed E-state index contributed by atoms with van der Waals surface area (Å²) in [5.41, 5.74) is 5.20. The number of rotatable bonds is 2. The number of nitrogens with one attached hydrogen (secondary N) is 2. The summed E-state index contributed by atoms with van der Waals surface area (Å²) in [5.74, 6) is -0.124. The van der Waals surface area contributed by atoms with E-state index < -0.39 is 0 Å². The van der Waals surface area contributed by atoms with Gasteiger partial charge in [0.05, 0.1) is 22.8 Å². The van der Waals surface area contributed by atoms with Crippen LogP contribution in [0.4, 0.5) is 0 Å². The van der Waals surface area contributed by atoms with Crippen molar-refractivity contribution in [1.29, 1.82) is 0 Å². The van der Waals surface area contributed by atoms with Crippen LogP contribution >= 0.6 is 0 Å². The molecule has 2 heterocycles. The summed E-state index contributed by atoms with van der Waals surface area (Å²) in [6, 6.07) is 11.2. The molecule has 1 atom stereocenters. The van der Waals surface area contributed by atoms with E-state index in [9.17, 15) is 9.59 Å². The lowest BCUT2D eigenvalue weighted by Crippen LogP contribution is -2.32. The zero-order chi connectivity index (χ0) is 18.3. The third-order valence-corrected chi connectivity index (χ3v) is 5.05. The van der Waals surface area contributed by atoms with Crippen LogP contribution in [0.5, 0.6) is 0 Å². The fraction of sp³-hybridized carbons (Fsp3) is 0.286. The fourth-order valence-corrected chi connectivity index (χ4v) is 3.69. The minimum atomic E-state index is -0.124. The van der Waals surface area contributed by atoms with Crippen LogP contribution in [0.1, 0.15) is 51.8 Å². The normalized spacial score (nSPS) is 16.3. The van der Waals surface area contributed by atoms with Crippen molar-refractivity contribution in [2.75, 3.05) is 0 Å². The molecule has 4 rings (SSSR count). The first-order valence-electron chi connectivity index (χ1n) is 8.92. The molecule has 0 fully saturated rings. The molecule has 3 aromatic rings. The molecule has 1 aromatic carbocycles. The maximum Gasteiger partial charge on any atom is 0.253 e. The molecule has 0 unspecified atom stereocenters. The van der Waals surface area contributed by atoms with E-state index in [1.165, 1.54) is 6.07 Å². The number of carbonyl (C=O) groups excluding carboxylic acids is 1. The van der Waals surface area contributed by atoms with E-state index in [1.54, 1.807) is 0 Å². The number of benzene rings is 1. The topological polar surface area (TPSA) is 74.8 Å². The van der Waals surface area contributed by atoms with Crippen LogP contribution in [0.15, 0.2) is 41.2 Å². The second-order valence-electron chi connectivity index (χ2n) is 6.99. The Kier molecular flexibility index (Phi) is 4.07. The molecule has 26 heavy (non-hydrogen) atoms. The molecule has 1 amide bonds. The van der Waals surface area contributed by atoms with Gasteiger partial charge in [-0.25, -0.2) is 0 Å². The van der Waals surface area contributed by atoms with Gasteiger partial charge in [-0.05, 0) is 62.4 Å². The monoisotopic (exact) mass is 347 g/mol. The van der Waals surface area contributed by atoms with Crippen molar-refractivity contribution in [3.63, 3.8) is 0 Å². The van der Waals surface area contributed by atoms with Gasteiger partial charge < -0.3 is 10.3 Å². The summed E-state index contributed by atoms with van der Waals surface area (Å²) in [6.45, 7) is 3.89. The van der Waals surface area contributed by atoms with E-state index >= 15 is 0 Å². The van der Waals surface area contributed by atoms with Crippen molar-refractivity contribution in [1.82, 2.24) is 15.3 Å². The Balaban J connectivity index is 1.65. The molecule has 0 aliphatic heterocycles. The second kappa shape index (κ2) is 6.41. The van der Waals surface area contributed by atoms with Crippen LogP contribution in [0, 0.1) is 13.8 Å². The summed E-state index contributed by atoms with van der Waals surface area (Å²) in [4.78, 5) is 31.9. The quantitative estimate of drug-likeness (QED) is 0.746. The molecule has 0 saturated carbocycles. The van der Waals surface area contributed by atoms with Gasteiger partial charge >= 0.3 is 0 Å². The van der Waals surface area contributed by atoms with Crippen molar-refractivity contribution in [2.24, 2.45) is 0 Å². The molecule has 0 spiro atoms. The Morgan fingerprint density at radius 2 is 2.04 bits per heavy atom. The van der Waals surface area contributed by atoms with E-state index in [-0.39, 0.29) is 17.5 Å². The first-order chi connectivity index (χ1) is 12.5. The first-order valence-corrected chi connectivity index (χ1v) is 8.92. The van der Waals surface area contributed by atoms with Crippen LogP contribution in [0.3, 0.4) is 0 Å². The van der Waals surface area contributed by atoms with Gasteiger partial charge in [0.25, 0.3) is 5.91 Å². The Morgan fingerprint density at radius 1 is 1.19 bits per heavy atom. The molecule has 5 heteroatoms. The molecule has 132 valence electrons. The molecule has 1 aliphatic rings. The van der Waals surface area contributed by atoms with Crippen molar-refractivity contribution < 1.29 is 4.79 Å². The van der Waals surface area contributed by atoms with Gasteiger partial charge in [0.15, 0.2) is 0 Å². The van der Waals surface area contributed by atoms with E-state index in [2.05, 4.69) is 15.3 Å². The van der Waals surface area contributed by atoms with Crippen LogP contribution in [-0.2, 0) is 6.42 Å². The molecule has 0 bridgehead atoms. The van der Waals surface area contributed by atoms with Gasteiger partial charge in [0.2, 0.25) is 5.56 Å². The summed E-state index contributed by atoms with van der Waals surface area (Å²) in [7, 11) is 0. The molecular weight excluding hydrogens is 326 g/mol. The van der Waals surface area contributed by atoms with E-state index in [0.29, 0.717) is 5.56 Å². The predicted molar refractivity (Wildman–Crippen MR) is 101 cm³/mol. The Bertz CT molecular complexity index is 1070. The Hall–Kier alpha value is -2.95. The number of pyridine rings is 2. The summed E-state index contributed by atoms with van der Waals surface area (Å²) in [6.07, 6.45) is 2.64. The average molecular weight is 347 g/mol. The maximum atomic E-state index is 12.9. The number of H-pyrrole nitrogens is 1. The third kappa shape index (κ3) is 3.01. The second-order valence-corrected chi connectivity index (χ2v) is 6.99. The van der Waals surface area contributed by atoms with Gasteiger partial charge in [-0.2, -0.15) is 0 Å². The number of nitrogens with zero attached hydrogens (tertiary/aromatic N) is 1. The molecule has 0 radical (unpaired) electrons. The zero-order valence-electron chi connectivity index (χ0n) is 14.9. The minimum Gasteiger partial charge on any atom is -0.345 e. The highest BCUT2D eigenvalue weighted by atomic mass is 16.1. The highest BCUT2D eigenvalue weighted by Gasteiger charge is 2.23. The van der Waals surface area contributed by atoms with E-state index in [0.717, 1.165) is 52.7 Å². The standard InChI is InChI=1S/C21H21N3O2/c1-12-6-7-14-11-16(13(2)22-19(14)10-12)21(26)24-18-5-3-4-17-15(18)8-9-20(25)23-17/h6-11,18H,3-5H2,1-2H3,(H,23,25)(H,24,26)/t18-/m0/s1. The maximum absolute atomic E-state index is 12.9. The average Bonchev–Trinajstić information content (AvgIpc) is 2.60. The van der Waals surface area contributed by atoms with Crippen LogP contribution in [-0.4, -0.2) is 15.9 Å². The lowest BCUT2D eigenvalue weighted by Gasteiger charge is -2.26. The van der Waals surface area contributed by atoms with Gasteiger partial charge in [-0.15, -0.1) is 0 Å². The molecule has 2 N–H and O–H groups in total. The van der Waals surface area contributed by atoms with Crippen LogP contribution < -0.4 is 10.9 Å². The highest BCUT2D eigenvalue weighted by Crippen LogP contribution is 2.28. The van der Waals surface area contributed by atoms with E-state index in [1.807, 2.05) is 44.2 Å². The number of aromatic amines is 1. The Morgan fingerprint density at radius 3 is 2.88 bits per heavy atom. The molecule has 5 nitrogen and oxygen atoms in total. The zero-order valence-corrected chi connectivity index (χ0v) is 14.9.